The van der Waals surface area contributed by atoms with Crippen molar-refractivity contribution in [1.82, 2.24) is 9.62 Å². The fourth-order valence-electron chi connectivity index (χ4n) is 3.14. The third kappa shape index (κ3) is 2.85. The van der Waals surface area contributed by atoms with Gasteiger partial charge in [0.05, 0.1) is 5.56 Å². The molecular weight excluding hydrogens is 328 g/mol. The minimum atomic E-state index is -3.70. The lowest BCUT2D eigenvalue weighted by Crippen LogP contribution is -2.44. The molecule has 0 bridgehead atoms. The second kappa shape index (κ2) is 5.75. The number of benzene rings is 1. The van der Waals surface area contributed by atoms with Crippen LogP contribution in [0.3, 0.4) is 0 Å². The average molecular weight is 348 g/mol. The van der Waals surface area contributed by atoms with Crippen LogP contribution in [-0.2, 0) is 22.0 Å². The zero-order chi connectivity index (χ0) is 17.5. The minimum absolute atomic E-state index is 0.173. The Morgan fingerprint density at radius 2 is 2.00 bits per heavy atom. The number of sulfonamides is 1. The molecule has 1 aliphatic heterocycles. The van der Waals surface area contributed by atoms with E-state index in [2.05, 4.69) is 24.6 Å². The van der Waals surface area contributed by atoms with E-state index in [1.807, 2.05) is 18.2 Å². The lowest BCUT2D eigenvalue weighted by molar-refractivity contribution is 0.0685. The van der Waals surface area contributed by atoms with Gasteiger partial charge in [-0.2, -0.15) is 0 Å². The number of hydrogen-bond acceptors (Lipinski definition) is 4. The molecule has 1 aliphatic rings. The van der Waals surface area contributed by atoms with Gasteiger partial charge >= 0.3 is 0 Å². The molecule has 0 aliphatic carbocycles. The van der Waals surface area contributed by atoms with Crippen LogP contribution < -0.4 is 4.72 Å². The maximum absolute atomic E-state index is 12.8. The van der Waals surface area contributed by atoms with E-state index >= 15 is 0 Å². The fraction of sp³-hybridized carbons (Fsp3) is 0.353. The van der Waals surface area contributed by atoms with Crippen molar-refractivity contribution in [2.24, 2.45) is 0 Å². The monoisotopic (exact) mass is 348 g/mol. The molecular formula is C17H20N2O4S. The molecule has 6 nitrogen and oxygen atoms in total. The maximum atomic E-state index is 12.8. The smallest absolute Gasteiger partial charge is 0.273 e. The fourth-order valence-corrected chi connectivity index (χ4v) is 3.80. The molecule has 1 aromatic heterocycles. The van der Waals surface area contributed by atoms with Gasteiger partial charge in [-0.3, -0.25) is 4.79 Å². The van der Waals surface area contributed by atoms with Gasteiger partial charge in [0, 0.05) is 24.6 Å². The summed E-state index contributed by atoms with van der Waals surface area (Å²) in [5, 5.41) is -0.259. The Bertz CT molecular complexity index is 884. The lowest BCUT2D eigenvalue weighted by atomic mass is 9.78. The van der Waals surface area contributed by atoms with Gasteiger partial charge in [0.1, 0.15) is 6.26 Å². The molecule has 0 unspecified atom stereocenters. The molecule has 0 saturated carbocycles. The van der Waals surface area contributed by atoms with Gasteiger partial charge in [-0.15, -0.1) is 0 Å². The zero-order valence-corrected chi connectivity index (χ0v) is 14.7. The Morgan fingerprint density at radius 3 is 2.71 bits per heavy atom. The van der Waals surface area contributed by atoms with Gasteiger partial charge in [0.25, 0.3) is 15.9 Å². The molecule has 0 radical (unpaired) electrons. The van der Waals surface area contributed by atoms with E-state index in [4.69, 9.17) is 4.42 Å². The minimum Gasteiger partial charge on any atom is -0.451 e. The van der Waals surface area contributed by atoms with E-state index in [9.17, 15) is 13.2 Å². The Balaban J connectivity index is 1.90. The van der Waals surface area contributed by atoms with Gasteiger partial charge < -0.3 is 9.32 Å². The van der Waals surface area contributed by atoms with E-state index in [1.54, 1.807) is 4.90 Å². The van der Waals surface area contributed by atoms with Crippen LogP contribution >= 0.6 is 0 Å². The lowest BCUT2D eigenvalue weighted by Gasteiger charge is -2.39. The summed E-state index contributed by atoms with van der Waals surface area (Å²) in [7, 11) is -2.41. The Labute approximate surface area is 141 Å². The van der Waals surface area contributed by atoms with Crippen molar-refractivity contribution in [2.75, 3.05) is 13.6 Å². The number of rotatable bonds is 3. The topological polar surface area (TPSA) is 79.6 Å². The Hall–Kier alpha value is -2.12. The molecule has 3 rings (SSSR count). The first-order valence-electron chi connectivity index (χ1n) is 7.64. The van der Waals surface area contributed by atoms with Gasteiger partial charge in [-0.05, 0) is 18.2 Å². The van der Waals surface area contributed by atoms with Gasteiger partial charge in [-0.25, -0.2) is 13.1 Å². The first-order chi connectivity index (χ1) is 11.2. The van der Waals surface area contributed by atoms with E-state index in [1.165, 1.54) is 24.9 Å². The van der Waals surface area contributed by atoms with Crippen molar-refractivity contribution in [2.45, 2.75) is 30.9 Å². The standard InChI is InChI=1S/C17H20N2O4S/c1-17(2)11-19(9-12-6-4-5-7-14(12)17)16(20)13-8-15(23-10-13)24(21,22)18-3/h4-8,10,18H,9,11H2,1-3H3. The first kappa shape index (κ1) is 16.7. The molecule has 24 heavy (non-hydrogen) atoms. The third-order valence-electron chi connectivity index (χ3n) is 4.34. The summed E-state index contributed by atoms with van der Waals surface area (Å²) in [6, 6.07) is 9.33. The Kier molecular flexibility index (Phi) is 4.01. The number of hydrogen-bond donors (Lipinski definition) is 1. The maximum Gasteiger partial charge on any atom is 0.273 e. The van der Waals surface area contributed by atoms with Crippen LogP contribution in [0.1, 0.15) is 35.3 Å². The molecule has 2 aromatic rings. The Morgan fingerprint density at radius 1 is 1.29 bits per heavy atom. The predicted octanol–water partition coefficient (Wildman–Crippen LogP) is 2.12. The van der Waals surface area contributed by atoms with E-state index in [-0.39, 0.29) is 22.0 Å². The molecule has 0 atom stereocenters. The van der Waals surface area contributed by atoms with Gasteiger partial charge in [0.15, 0.2) is 0 Å². The van der Waals surface area contributed by atoms with Crippen LogP contribution in [-0.4, -0.2) is 32.8 Å². The third-order valence-corrected chi connectivity index (χ3v) is 5.62. The van der Waals surface area contributed by atoms with Crippen LogP contribution in [0.15, 0.2) is 46.1 Å². The summed E-state index contributed by atoms with van der Waals surface area (Å²) in [6.07, 6.45) is 1.19. The summed E-state index contributed by atoms with van der Waals surface area (Å²) in [5.41, 5.74) is 2.40. The van der Waals surface area contributed by atoms with Crippen LogP contribution in [0, 0.1) is 0 Å². The predicted molar refractivity (Wildman–Crippen MR) is 89.2 cm³/mol. The molecule has 1 N–H and O–H groups in total. The number of amides is 1. The number of carbonyl (C=O) groups excluding carboxylic acids is 1. The summed E-state index contributed by atoms with van der Waals surface area (Å²) >= 11 is 0. The molecule has 1 aromatic carbocycles. The van der Waals surface area contributed by atoms with E-state index < -0.39 is 10.0 Å². The van der Waals surface area contributed by atoms with E-state index in [0.29, 0.717) is 13.1 Å². The number of furan rings is 1. The number of fused-ring (bicyclic) bond motifs is 1. The molecule has 2 heterocycles. The molecule has 128 valence electrons. The van der Waals surface area contributed by atoms with Crippen LogP contribution in [0.4, 0.5) is 0 Å². The van der Waals surface area contributed by atoms with Crippen LogP contribution in [0.25, 0.3) is 0 Å². The van der Waals surface area contributed by atoms with E-state index in [0.717, 1.165) is 5.56 Å². The number of carbonyl (C=O) groups is 1. The van der Waals surface area contributed by atoms with Crippen molar-refractivity contribution < 1.29 is 17.6 Å². The summed E-state index contributed by atoms with van der Waals surface area (Å²) in [4.78, 5) is 14.5. The highest BCUT2D eigenvalue weighted by Gasteiger charge is 2.34. The molecule has 0 spiro atoms. The van der Waals surface area contributed by atoms with Gasteiger partial charge in [0.2, 0.25) is 5.09 Å². The highest BCUT2D eigenvalue weighted by atomic mass is 32.2. The van der Waals surface area contributed by atoms with Crippen molar-refractivity contribution in [3.05, 3.63) is 53.3 Å². The summed E-state index contributed by atoms with van der Waals surface area (Å²) in [6.45, 7) is 5.24. The second-order valence-corrected chi connectivity index (χ2v) is 8.38. The average Bonchev–Trinajstić information content (AvgIpc) is 3.04. The largest absolute Gasteiger partial charge is 0.451 e. The molecule has 0 fully saturated rings. The second-order valence-electron chi connectivity index (χ2n) is 6.56. The van der Waals surface area contributed by atoms with Crippen LogP contribution in [0.5, 0.6) is 0 Å². The van der Waals surface area contributed by atoms with Crippen molar-refractivity contribution in [1.29, 1.82) is 0 Å². The quantitative estimate of drug-likeness (QED) is 0.921. The molecule has 1 amide bonds. The summed E-state index contributed by atoms with van der Waals surface area (Å²) < 4.78 is 30.7. The highest BCUT2D eigenvalue weighted by Crippen LogP contribution is 2.34. The van der Waals surface area contributed by atoms with Crippen molar-refractivity contribution in [3.8, 4) is 0 Å². The normalized spacial score (nSPS) is 16.7. The molecule has 7 heteroatoms. The first-order valence-corrected chi connectivity index (χ1v) is 9.13. The van der Waals surface area contributed by atoms with Crippen molar-refractivity contribution in [3.63, 3.8) is 0 Å². The van der Waals surface area contributed by atoms with Crippen LogP contribution in [0.2, 0.25) is 0 Å². The highest BCUT2D eigenvalue weighted by molar-refractivity contribution is 7.89. The SMILES string of the molecule is CNS(=O)(=O)c1cc(C(=O)N2Cc3ccccc3C(C)(C)C2)co1. The number of nitrogens with zero attached hydrogens (tertiary/aromatic N) is 1. The number of nitrogens with one attached hydrogen (secondary N) is 1. The summed E-state index contributed by atoms with van der Waals surface area (Å²) in [5.74, 6) is -0.237. The zero-order valence-electron chi connectivity index (χ0n) is 13.9. The van der Waals surface area contributed by atoms with Gasteiger partial charge in [-0.1, -0.05) is 38.1 Å². The van der Waals surface area contributed by atoms with Crippen molar-refractivity contribution >= 4 is 15.9 Å². The molecule has 0 saturated heterocycles.